The van der Waals surface area contributed by atoms with Crippen LogP contribution in [0.4, 0.5) is 11.4 Å². The Hall–Kier alpha value is -3.58. The Kier molecular flexibility index (Phi) is 5.09. The number of phenols is 2. The van der Waals surface area contributed by atoms with Gasteiger partial charge in [0.05, 0.1) is 9.79 Å². The number of hydrogen-bond acceptors (Lipinski definition) is 10. The molecule has 4 rings (SSSR count). The Bertz CT molecular complexity index is 1650. The van der Waals surface area contributed by atoms with Crippen molar-refractivity contribution in [2.75, 3.05) is 0 Å². The van der Waals surface area contributed by atoms with Gasteiger partial charge in [-0.2, -0.15) is 0 Å². The SMILES string of the molecule is O=S(=O)([O-])c1cc(O)c(N=Nc2ccc3cccc(S(=O)(=O)[O-])c3c2O)c2ccccc12. The van der Waals surface area contributed by atoms with Crippen molar-refractivity contribution in [1.29, 1.82) is 0 Å². The van der Waals surface area contributed by atoms with E-state index in [1.807, 2.05) is 0 Å². The van der Waals surface area contributed by atoms with E-state index in [0.717, 1.165) is 12.1 Å². The monoisotopic (exact) mass is 472 g/mol. The summed E-state index contributed by atoms with van der Waals surface area (Å²) < 4.78 is 69.3. The zero-order chi connectivity index (χ0) is 23.3. The highest BCUT2D eigenvalue weighted by Crippen LogP contribution is 2.42. The highest BCUT2D eigenvalue weighted by molar-refractivity contribution is 7.86. The standard InChI is InChI=1S/C20H14N2O8S2/c23-15-10-17(32(28,29)30)12-5-1-2-6-13(12)19(15)22-21-14-9-8-11-4-3-7-16(31(25,26)27)18(11)20(14)24/h1-10,23-24H,(H,25,26,27)(H,28,29,30)/p-2. The van der Waals surface area contributed by atoms with Crippen LogP contribution < -0.4 is 0 Å². The summed E-state index contributed by atoms with van der Waals surface area (Å²) in [5.74, 6) is -1.27. The van der Waals surface area contributed by atoms with Crippen molar-refractivity contribution in [2.45, 2.75) is 9.79 Å². The molecule has 0 atom stereocenters. The summed E-state index contributed by atoms with van der Waals surface area (Å²) >= 11 is 0. The summed E-state index contributed by atoms with van der Waals surface area (Å²) in [5.41, 5.74) is -0.394. The molecule has 10 nitrogen and oxygen atoms in total. The van der Waals surface area contributed by atoms with E-state index in [1.165, 1.54) is 48.5 Å². The molecule has 0 bridgehead atoms. The van der Waals surface area contributed by atoms with Crippen molar-refractivity contribution in [3.8, 4) is 11.5 Å². The molecule has 4 aromatic carbocycles. The molecule has 164 valence electrons. The van der Waals surface area contributed by atoms with E-state index in [9.17, 15) is 36.2 Å². The average Bonchev–Trinajstić information content (AvgIpc) is 2.72. The quantitative estimate of drug-likeness (QED) is 0.333. The summed E-state index contributed by atoms with van der Waals surface area (Å²) in [5, 5.41) is 28.7. The fraction of sp³-hybridized carbons (Fsp3) is 0. The number of rotatable bonds is 4. The third-order valence-corrected chi connectivity index (χ3v) is 6.47. The van der Waals surface area contributed by atoms with Crippen LogP contribution in [0, 0.1) is 0 Å². The first-order valence-electron chi connectivity index (χ1n) is 8.81. The summed E-state index contributed by atoms with van der Waals surface area (Å²) in [6.45, 7) is 0. The summed E-state index contributed by atoms with van der Waals surface area (Å²) in [7, 11) is -9.79. The number of aromatic hydroxyl groups is 2. The molecule has 0 saturated heterocycles. The lowest BCUT2D eigenvalue weighted by atomic mass is 10.1. The summed E-state index contributed by atoms with van der Waals surface area (Å²) in [6, 6.07) is 13.2. The first kappa shape index (κ1) is 21.6. The minimum atomic E-state index is -4.90. The fourth-order valence-corrected chi connectivity index (χ4v) is 4.75. The molecule has 0 radical (unpaired) electrons. The van der Waals surface area contributed by atoms with E-state index in [1.54, 1.807) is 0 Å². The van der Waals surface area contributed by atoms with Gasteiger partial charge < -0.3 is 19.3 Å². The molecule has 4 aromatic rings. The Morgan fingerprint density at radius 1 is 0.719 bits per heavy atom. The third-order valence-electron chi connectivity index (χ3n) is 4.71. The summed E-state index contributed by atoms with van der Waals surface area (Å²) in [4.78, 5) is -1.27. The van der Waals surface area contributed by atoms with Gasteiger partial charge >= 0.3 is 0 Å². The van der Waals surface area contributed by atoms with Gasteiger partial charge in [-0.1, -0.05) is 42.5 Å². The molecule has 0 aromatic heterocycles. The zero-order valence-electron chi connectivity index (χ0n) is 15.8. The van der Waals surface area contributed by atoms with E-state index in [0.29, 0.717) is 0 Å². The van der Waals surface area contributed by atoms with Crippen molar-refractivity contribution in [3.63, 3.8) is 0 Å². The number of fused-ring (bicyclic) bond motifs is 2. The number of hydrogen-bond donors (Lipinski definition) is 2. The van der Waals surface area contributed by atoms with Crippen LogP contribution in [0.1, 0.15) is 0 Å². The molecule has 0 saturated carbocycles. The van der Waals surface area contributed by atoms with E-state index in [-0.39, 0.29) is 32.9 Å². The lowest BCUT2D eigenvalue weighted by Crippen LogP contribution is -1.99. The van der Waals surface area contributed by atoms with Crippen LogP contribution in [0.3, 0.4) is 0 Å². The highest BCUT2D eigenvalue weighted by Gasteiger charge is 2.17. The van der Waals surface area contributed by atoms with Crippen LogP contribution in [0.2, 0.25) is 0 Å². The van der Waals surface area contributed by atoms with Crippen LogP contribution in [0.15, 0.2) is 80.7 Å². The second-order valence-electron chi connectivity index (χ2n) is 6.68. The van der Waals surface area contributed by atoms with Crippen LogP contribution in [-0.2, 0) is 20.2 Å². The maximum absolute atomic E-state index is 11.6. The Labute approximate surface area is 181 Å². The third kappa shape index (κ3) is 3.76. The predicted molar refractivity (Wildman–Crippen MR) is 111 cm³/mol. The maximum atomic E-state index is 11.6. The van der Waals surface area contributed by atoms with Gasteiger partial charge in [0.25, 0.3) is 0 Å². The molecule has 32 heavy (non-hydrogen) atoms. The topological polar surface area (TPSA) is 180 Å². The van der Waals surface area contributed by atoms with Crippen molar-refractivity contribution in [2.24, 2.45) is 10.2 Å². The van der Waals surface area contributed by atoms with Crippen LogP contribution >= 0.6 is 0 Å². The van der Waals surface area contributed by atoms with Crippen molar-refractivity contribution < 1.29 is 36.2 Å². The second-order valence-corrected chi connectivity index (χ2v) is 9.38. The molecular weight excluding hydrogens is 460 g/mol. The molecule has 0 aliphatic rings. The van der Waals surface area contributed by atoms with Crippen molar-refractivity contribution in [1.82, 2.24) is 0 Å². The van der Waals surface area contributed by atoms with Crippen molar-refractivity contribution >= 4 is 53.2 Å². The van der Waals surface area contributed by atoms with Gasteiger partial charge in [-0.15, -0.1) is 10.2 Å². The summed E-state index contributed by atoms with van der Waals surface area (Å²) in [6.07, 6.45) is 0. The minimum Gasteiger partial charge on any atom is -0.744 e. The number of nitrogens with zero attached hydrogens (tertiary/aromatic N) is 2. The minimum absolute atomic E-state index is 0.0108. The molecule has 0 amide bonds. The lowest BCUT2D eigenvalue weighted by molar-refractivity contribution is 0.457. The molecule has 2 N–H and O–H groups in total. The van der Waals surface area contributed by atoms with Gasteiger partial charge in [-0.25, -0.2) is 16.8 Å². The molecule has 0 fully saturated rings. The molecule has 0 aliphatic carbocycles. The number of benzene rings is 4. The molecule has 12 heteroatoms. The van der Waals surface area contributed by atoms with E-state index >= 15 is 0 Å². The molecule has 0 spiro atoms. The van der Waals surface area contributed by atoms with Gasteiger partial charge in [0.2, 0.25) is 0 Å². The average molecular weight is 472 g/mol. The predicted octanol–water partition coefficient (Wildman–Crippen LogP) is 3.63. The number of phenolic OH excluding ortho intramolecular Hbond substituents is 2. The van der Waals surface area contributed by atoms with Gasteiger partial charge in [-0.3, -0.25) is 0 Å². The van der Waals surface area contributed by atoms with Crippen LogP contribution in [0.25, 0.3) is 21.5 Å². The van der Waals surface area contributed by atoms with E-state index < -0.39 is 41.5 Å². The number of azo groups is 1. The molecule has 0 unspecified atom stereocenters. The normalized spacial score (nSPS) is 12.7. The molecule has 0 heterocycles. The molecular formula is C20H12N2O8S2-2. The smallest absolute Gasteiger partial charge is 0.152 e. The fourth-order valence-electron chi connectivity index (χ4n) is 3.33. The lowest BCUT2D eigenvalue weighted by Gasteiger charge is -2.13. The zero-order valence-corrected chi connectivity index (χ0v) is 17.5. The molecule has 0 aliphatic heterocycles. The Morgan fingerprint density at radius 3 is 2.03 bits per heavy atom. The second kappa shape index (κ2) is 7.53. The van der Waals surface area contributed by atoms with Gasteiger partial charge in [0.15, 0.2) is 5.75 Å². The highest BCUT2D eigenvalue weighted by atomic mass is 32.2. The van der Waals surface area contributed by atoms with Crippen molar-refractivity contribution in [3.05, 3.63) is 60.7 Å². The first-order chi connectivity index (χ1) is 15.0. The van der Waals surface area contributed by atoms with Gasteiger partial charge in [0.1, 0.15) is 37.4 Å². The van der Waals surface area contributed by atoms with Gasteiger partial charge in [0, 0.05) is 22.2 Å². The van der Waals surface area contributed by atoms with E-state index in [4.69, 9.17) is 0 Å². The Morgan fingerprint density at radius 2 is 1.38 bits per heavy atom. The van der Waals surface area contributed by atoms with Crippen LogP contribution in [-0.4, -0.2) is 36.2 Å². The Balaban J connectivity index is 1.93. The first-order valence-corrected chi connectivity index (χ1v) is 11.6. The van der Waals surface area contributed by atoms with Crippen LogP contribution in [0.5, 0.6) is 11.5 Å². The maximum Gasteiger partial charge on any atom is 0.152 e. The van der Waals surface area contributed by atoms with E-state index in [2.05, 4.69) is 10.2 Å². The van der Waals surface area contributed by atoms with Gasteiger partial charge in [-0.05, 0) is 17.5 Å². The largest absolute Gasteiger partial charge is 0.744 e.